The highest BCUT2D eigenvalue weighted by Gasteiger charge is 2.15. The number of nitrogens with zero attached hydrogens (tertiary/aromatic N) is 1. The molecule has 0 saturated heterocycles. The van der Waals surface area contributed by atoms with Crippen LogP contribution < -0.4 is 20.3 Å². The van der Waals surface area contributed by atoms with Gasteiger partial charge < -0.3 is 24.7 Å². The lowest BCUT2D eigenvalue weighted by atomic mass is 10.1. The molecule has 1 heterocycles. The van der Waals surface area contributed by atoms with E-state index in [4.69, 9.17) is 21.7 Å². The third-order valence-electron chi connectivity index (χ3n) is 6.52. The Morgan fingerprint density at radius 2 is 1.62 bits per heavy atom. The zero-order chi connectivity index (χ0) is 26.2. The van der Waals surface area contributed by atoms with Crippen molar-refractivity contribution in [2.24, 2.45) is 0 Å². The van der Waals surface area contributed by atoms with E-state index in [-0.39, 0.29) is 5.56 Å². The number of fused-ring (bicyclic) bond motifs is 1. The maximum Gasteiger partial charge on any atom is 0.253 e. The average Bonchev–Trinajstić information content (AvgIpc) is 2.91. The standard InChI is InChI=1S/C30H33N3O3S/c1-21-9-7-8-12-23(21)14-16-33(30(37)31-15-13-22-10-5-4-6-11-22)20-25-17-24-18-27(35-2)28(36-3)19-26(24)32-29(25)34/h4-12,17-19H,13-16,20H2,1-3H3,(H,31,37)(H,32,34). The minimum atomic E-state index is -0.146. The van der Waals surface area contributed by atoms with Gasteiger partial charge in [0.2, 0.25) is 0 Å². The van der Waals surface area contributed by atoms with Gasteiger partial charge in [-0.3, -0.25) is 4.79 Å². The van der Waals surface area contributed by atoms with Gasteiger partial charge in [0, 0.05) is 30.1 Å². The van der Waals surface area contributed by atoms with Crippen LogP contribution in [0, 0.1) is 6.92 Å². The summed E-state index contributed by atoms with van der Waals surface area (Å²) in [5.74, 6) is 1.18. The van der Waals surface area contributed by atoms with Crippen molar-refractivity contribution in [1.82, 2.24) is 15.2 Å². The van der Waals surface area contributed by atoms with Crippen molar-refractivity contribution in [3.8, 4) is 11.5 Å². The maximum absolute atomic E-state index is 13.1. The van der Waals surface area contributed by atoms with Crippen LogP contribution in [-0.4, -0.2) is 42.3 Å². The highest BCUT2D eigenvalue weighted by Crippen LogP contribution is 2.31. The van der Waals surface area contributed by atoms with Gasteiger partial charge >= 0.3 is 0 Å². The summed E-state index contributed by atoms with van der Waals surface area (Å²) in [5, 5.41) is 4.91. The van der Waals surface area contributed by atoms with Crippen molar-refractivity contribution in [1.29, 1.82) is 0 Å². The van der Waals surface area contributed by atoms with Crippen molar-refractivity contribution in [2.45, 2.75) is 26.3 Å². The number of thiocarbonyl (C=S) groups is 1. The summed E-state index contributed by atoms with van der Waals surface area (Å²) in [6, 6.07) is 24.2. The molecule has 4 aromatic rings. The van der Waals surface area contributed by atoms with Gasteiger partial charge in [-0.2, -0.15) is 0 Å². The van der Waals surface area contributed by atoms with Gasteiger partial charge in [0.1, 0.15) is 0 Å². The van der Waals surface area contributed by atoms with E-state index in [2.05, 4.69) is 52.5 Å². The lowest BCUT2D eigenvalue weighted by molar-refractivity contribution is 0.355. The molecule has 2 N–H and O–H groups in total. The predicted molar refractivity (Wildman–Crippen MR) is 154 cm³/mol. The van der Waals surface area contributed by atoms with E-state index < -0.39 is 0 Å². The fraction of sp³-hybridized carbons (Fsp3) is 0.267. The second kappa shape index (κ2) is 12.4. The summed E-state index contributed by atoms with van der Waals surface area (Å²) in [6.45, 7) is 3.91. The lowest BCUT2D eigenvalue weighted by Crippen LogP contribution is -2.42. The van der Waals surface area contributed by atoms with Crippen LogP contribution in [0.3, 0.4) is 0 Å². The number of aromatic amines is 1. The third-order valence-corrected chi connectivity index (χ3v) is 6.92. The Hall–Kier alpha value is -3.84. The number of H-pyrrole nitrogens is 1. The molecule has 0 aliphatic carbocycles. The maximum atomic E-state index is 13.1. The highest BCUT2D eigenvalue weighted by molar-refractivity contribution is 7.80. The first-order valence-electron chi connectivity index (χ1n) is 12.4. The zero-order valence-electron chi connectivity index (χ0n) is 21.5. The zero-order valence-corrected chi connectivity index (χ0v) is 22.4. The topological polar surface area (TPSA) is 66.6 Å². The van der Waals surface area contributed by atoms with Crippen LogP contribution in [-0.2, 0) is 19.4 Å². The Bertz CT molecular complexity index is 1420. The predicted octanol–water partition coefficient (Wildman–Crippen LogP) is 5.02. The van der Waals surface area contributed by atoms with Crippen LogP contribution in [0.25, 0.3) is 10.9 Å². The van der Waals surface area contributed by atoms with E-state index in [9.17, 15) is 4.79 Å². The molecule has 192 valence electrons. The van der Waals surface area contributed by atoms with Crippen LogP contribution in [0.5, 0.6) is 11.5 Å². The molecule has 0 aliphatic rings. The van der Waals surface area contributed by atoms with Gasteiger partial charge in [-0.25, -0.2) is 0 Å². The van der Waals surface area contributed by atoms with E-state index in [0.29, 0.717) is 40.8 Å². The molecule has 0 saturated carbocycles. The normalized spacial score (nSPS) is 10.8. The summed E-state index contributed by atoms with van der Waals surface area (Å²) >= 11 is 5.82. The molecular weight excluding hydrogens is 482 g/mol. The van der Waals surface area contributed by atoms with E-state index in [1.165, 1.54) is 16.7 Å². The van der Waals surface area contributed by atoms with Gasteiger partial charge in [0.15, 0.2) is 16.6 Å². The van der Waals surface area contributed by atoms with Crippen LogP contribution in [0.15, 0.2) is 77.6 Å². The molecule has 0 atom stereocenters. The molecule has 1 aromatic heterocycles. The first kappa shape index (κ1) is 26.2. The molecule has 0 aliphatic heterocycles. The number of ether oxygens (including phenoxy) is 2. The molecule has 0 spiro atoms. The van der Waals surface area contributed by atoms with E-state index in [0.717, 1.165) is 24.8 Å². The number of benzene rings is 3. The smallest absolute Gasteiger partial charge is 0.253 e. The number of pyridine rings is 1. The van der Waals surface area contributed by atoms with E-state index >= 15 is 0 Å². The molecule has 3 aromatic carbocycles. The Morgan fingerprint density at radius 1 is 0.919 bits per heavy atom. The van der Waals surface area contributed by atoms with Crippen LogP contribution in [0.4, 0.5) is 0 Å². The molecule has 0 amide bonds. The molecule has 7 heteroatoms. The SMILES string of the molecule is COc1cc2cc(CN(CCc3ccccc3C)C(=S)NCCc3ccccc3)c(=O)[nH]c2cc1OC. The molecule has 4 rings (SSSR count). The minimum absolute atomic E-state index is 0.146. The van der Waals surface area contributed by atoms with Gasteiger partial charge in [-0.1, -0.05) is 54.6 Å². The van der Waals surface area contributed by atoms with E-state index in [1.807, 2.05) is 36.4 Å². The third kappa shape index (κ3) is 6.68. The Kier molecular flexibility index (Phi) is 8.80. The number of rotatable bonds is 10. The quantitative estimate of drug-likeness (QED) is 0.289. The van der Waals surface area contributed by atoms with Crippen LogP contribution >= 0.6 is 12.2 Å². The number of hydrogen-bond acceptors (Lipinski definition) is 4. The molecule has 0 bridgehead atoms. The summed E-state index contributed by atoms with van der Waals surface area (Å²) in [5.41, 5.74) is 4.95. The molecule has 0 radical (unpaired) electrons. The van der Waals surface area contributed by atoms with Gasteiger partial charge in [-0.05, 0) is 60.8 Å². The molecule has 37 heavy (non-hydrogen) atoms. The van der Waals surface area contributed by atoms with Crippen molar-refractivity contribution < 1.29 is 9.47 Å². The van der Waals surface area contributed by atoms with Crippen molar-refractivity contribution in [3.05, 3.63) is 105 Å². The Balaban J connectivity index is 1.56. The Labute approximate surface area is 223 Å². The van der Waals surface area contributed by atoms with Gasteiger partial charge in [-0.15, -0.1) is 0 Å². The summed E-state index contributed by atoms with van der Waals surface area (Å²) in [6.07, 6.45) is 1.69. The fourth-order valence-electron chi connectivity index (χ4n) is 4.37. The average molecular weight is 516 g/mol. The van der Waals surface area contributed by atoms with E-state index in [1.54, 1.807) is 20.3 Å². The molecule has 0 unspecified atom stereocenters. The molecular formula is C30H33N3O3S. The lowest BCUT2D eigenvalue weighted by Gasteiger charge is -2.26. The number of aromatic nitrogens is 1. The second-order valence-electron chi connectivity index (χ2n) is 8.98. The van der Waals surface area contributed by atoms with Gasteiger partial charge in [0.25, 0.3) is 5.56 Å². The minimum Gasteiger partial charge on any atom is -0.493 e. The highest BCUT2D eigenvalue weighted by atomic mass is 32.1. The summed E-state index contributed by atoms with van der Waals surface area (Å²) in [7, 11) is 3.18. The first-order chi connectivity index (χ1) is 18.0. The Morgan fingerprint density at radius 3 is 2.35 bits per heavy atom. The number of hydrogen-bond donors (Lipinski definition) is 2. The largest absolute Gasteiger partial charge is 0.493 e. The number of nitrogens with one attached hydrogen (secondary N) is 2. The van der Waals surface area contributed by atoms with Crippen LogP contribution in [0.2, 0.25) is 0 Å². The second-order valence-corrected chi connectivity index (χ2v) is 9.37. The van der Waals surface area contributed by atoms with Crippen molar-refractivity contribution >= 4 is 28.2 Å². The monoisotopic (exact) mass is 515 g/mol. The molecule has 0 fully saturated rings. The van der Waals surface area contributed by atoms with Crippen molar-refractivity contribution in [3.63, 3.8) is 0 Å². The summed E-state index contributed by atoms with van der Waals surface area (Å²) in [4.78, 5) is 18.1. The number of methoxy groups -OCH3 is 2. The summed E-state index contributed by atoms with van der Waals surface area (Å²) < 4.78 is 10.8. The van der Waals surface area contributed by atoms with Gasteiger partial charge in [0.05, 0.1) is 26.3 Å². The number of aryl methyl sites for hydroxylation is 1. The van der Waals surface area contributed by atoms with Crippen molar-refractivity contribution in [2.75, 3.05) is 27.3 Å². The first-order valence-corrected chi connectivity index (χ1v) is 12.8. The molecule has 6 nitrogen and oxygen atoms in total. The van der Waals surface area contributed by atoms with Crippen LogP contribution in [0.1, 0.15) is 22.3 Å². The fourth-order valence-corrected chi connectivity index (χ4v) is 4.63.